The van der Waals surface area contributed by atoms with Crippen LogP contribution in [0.2, 0.25) is 0 Å². The van der Waals surface area contributed by atoms with Gasteiger partial charge < -0.3 is 14.5 Å². The van der Waals surface area contributed by atoms with Gasteiger partial charge in [0.25, 0.3) is 0 Å². The van der Waals surface area contributed by atoms with Crippen molar-refractivity contribution in [3.8, 4) is 5.75 Å². The van der Waals surface area contributed by atoms with Crippen molar-refractivity contribution >= 4 is 15.9 Å². The molecule has 0 aliphatic carbocycles. The summed E-state index contributed by atoms with van der Waals surface area (Å²) in [5, 5.41) is 3.28. The van der Waals surface area contributed by atoms with Crippen LogP contribution in [-0.4, -0.2) is 13.7 Å². The summed E-state index contributed by atoms with van der Waals surface area (Å²) >= 11 is 3.34. The Morgan fingerprint density at radius 3 is 2.68 bits per heavy atom. The van der Waals surface area contributed by atoms with Gasteiger partial charge in [0.05, 0.1) is 12.6 Å². The van der Waals surface area contributed by atoms with Crippen molar-refractivity contribution in [3.63, 3.8) is 0 Å². The monoisotopic (exact) mass is 323 g/mol. The number of rotatable bonds is 5. The fourth-order valence-corrected chi connectivity index (χ4v) is 2.43. The van der Waals surface area contributed by atoms with Gasteiger partial charge >= 0.3 is 0 Å². The van der Waals surface area contributed by atoms with Crippen LogP contribution in [0.25, 0.3) is 0 Å². The first kappa shape index (κ1) is 14.2. The molecular formula is C15H18BrNO2. The minimum absolute atomic E-state index is 0.0206. The van der Waals surface area contributed by atoms with Crippen molar-refractivity contribution in [3.05, 3.63) is 51.9 Å². The standard InChI is InChI=1S/C15H18BrNO2/c1-4-18-12-6-5-10(2)9-11(12)15(17-3)13-7-8-14(16)19-13/h5-9,15,17H,4H2,1-3H3. The Bertz CT molecular complexity index is 551. The summed E-state index contributed by atoms with van der Waals surface area (Å²) < 4.78 is 12.1. The van der Waals surface area contributed by atoms with E-state index in [-0.39, 0.29) is 6.04 Å². The summed E-state index contributed by atoms with van der Waals surface area (Å²) in [6.07, 6.45) is 0. The third-order valence-corrected chi connectivity index (χ3v) is 3.37. The molecule has 1 N–H and O–H groups in total. The molecule has 0 aliphatic rings. The zero-order chi connectivity index (χ0) is 13.8. The first-order valence-electron chi connectivity index (χ1n) is 6.31. The van der Waals surface area contributed by atoms with E-state index in [1.165, 1.54) is 5.56 Å². The van der Waals surface area contributed by atoms with Gasteiger partial charge in [0.2, 0.25) is 0 Å². The number of halogens is 1. The van der Waals surface area contributed by atoms with Gasteiger partial charge in [-0.15, -0.1) is 0 Å². The van der Waals surface area contributed by atoms with Crippen molar-refractivity contribution in [1.29, 1.82) is 0 Å². The van der Waals surface area contributed by atoms with Crippen molar-refractivity contribution in [1.82, 2.24) is 5.32 Å². The lowest BCUT2D eigenvalue weighted by Gasteiger charge is -2.18. The van der Waals surface area contributed by atoms with Crippen LogP contribution in [0.15, 0.2) is 39.4 Å². The third-order valence-electron chi connectivity index (χ3n) is 2.94. The van der Waals surface area contributed by atoms with E-state index in [9.17, 15) is 0 Å². The number of aryl methyl sites for hydroxylation is 1. The average Bonchev–Trinajstić information content (AvgIpc) is 2.80. The number of hydrogen-bond donors (Lipinski definition) is 1. The molecule has 1 aromatic heterocycles. The number of nitrogens with one attached hydrogen (secondary N) is 1. The molecule has 19 heavy (non-hydrogen) atoms. The van der Waals surface area contributed by atoms with E-state index >= 15 is 0 Å². The molecule has 1 atom stereocenters. The lowest BCUT2D eigenvalue weighted by Crippen LogP contribution is -2.18. The zero-order valence-electron chi connectivity index (χ0n) is 11.4. The predicted octanol–water partition coefficient (Wildman–Crippen LogP) is 4.06. The van der Waals surface area contributed by atoms with Gasteiger partial charge in [-0.1, -0.05) is 17.7 Å². The average molecular weight is 324 g/mol. The number of furan rings is 1. The Hall–Kier alpha value is -1.26. The molecule has 1 unspecified atom stereocenters. The number of hydrogen-bond acceptors (Lipinski definition) is 3. The second-order valence-electron chi connectivity index (χ2n) is 4.34. The molecule has 0 saturated carbocycles. The highest BCUT2D eigenvalue weighted by atomic mass is 79.9. The second kappa shape index (κ2) is 6.26. The first-order valence-corrected chi connectivity index (χ1v) is 7.10. The summed E-state index contributed by atoms with van der Waals surface area (Å²) in [4.78, 5) is 0. The fraction of sp³-hybridized carbons (Fsp3) is 0.333. The topological polar surface area (TPSA) is 34.4 Å². The summed E-state index contributed by atoms with van der Waals surface area (Å²) in [6, 6.07) is 10.0. The fourth-order valence-electron chi connectivity index (χ4n) is 2.11. The van der Waals surface area contributed by atoms with Gasteiger partial charge in [0, 0.05) is 5.56 Å². The molecule has 0 aliphatic heterocycles. The van der Waals surface area contributed by atoms with Gasteiger partial charge in [0.15, 0.2) is 4.67 Å². The SMILES string of the molecule is CCOc1ccc(C)cc1C(NC)c1ccc(Br)o1. The molecule has 0 saturated heterocycles. The van der Waals surface area contributed by atoms with Crippen LogP contribution in [0.3, 0.4) is 0 Å². The normalized spacial score (nSPS) is 12.4. The van der Waals surface area contributed by atoms with Crippen LogP contribution >= 0.6 is 15.9 Å². The number of ether oxygens (including phenoxy) is 1. The van der Waals surface area contributed by atoms with Gasteiger partial charge in [0.1, 0.15) is 11.5 Å². The van der Waals surface area contributed by atoms with Crippen LogP contribution in [0.4, 0.5) is 0 Å². The van der Waals surface area contributed by atoms with E-state index in [4.69, 9.17) is 9.15 Å². The van der Waals surface area contributed by atoms with Crippen LogP contribution in [-0.2, 0) is 0 Å². The van der Waals surface area contributed by atoms with Crippen molar-refractivity contribution < 1.29 is 9.15 Å². The molecular weight excluding hydrogens is 306 g/mol. The second-order valence-corrected chi connectivity index (χ2v) is 5.12. The van der Waals surface area contributed by atoms with Crippen LogP contribution < -0.4 is 10.1 Å². The maximum absolute atomic E-state index is 5.71. The van der Waals surface area contributed by atoms with E-state index in [1.54, 1.807) is 0 Å². The van der Waals surface area contributed by atoms with Crippen molar-refractivity contribution in [2.24, 2.45) is 0 Å². The van der Waals surface area contributed by atoms with Crippen molar-refractivity contribution in [2.75, 3.05) is 13.7 Å². The lowest BCUT2D eigenvalue weighted by molar-refractivity contribution is 0.331. The summed E-state index contributed by atoms with van der Waals surface area (Å²) in [6.45, 7) is 4.71. The summed E-state index contributed by atoms with van der Waals surface area (Å²) in [5.41, 5.74) is 2.29. The van der Waals surface area contributed by atoms with Gasteiger partial charge in [-0.3, -0.25) is 0 Å². The highest BCUT2D eigenvalue weighted by Crippen LogP contribution is 2.32. The van der Waals surface area contributed by atoms with Crippen LogP contribution in [0, 0.1) is 6.92 Å². The molecule has 2 rings (SSSR count). The maximum atomic E-state index is 5.71. The number of benzene rings is 1. The van der Waals surface area contributed by atoms with Gasteiger partial charge in [-0.2, -0.15) is 0 Å². The molecule has 3 nitrogen and oxygen atoms in total. The highest BCUT2D eigenvalue weighted by Gasteiger charge is 2.20. The molecule has 0 radical (unpaired) electrons. The minimum atomic E-state index is -0.0206. The highest BCUT2D eigenvalue weighted by molar-refractivity contribution is 9.10. The minimum Gasteiger partial charge on any atom is -0.494 e. The Labute approximate surface area is 122 Å². The third kappa shape index (κ3) is 3.19. The molecule has 102 valence electrons. The molecule has 1 aromatic carbocycles. The molecule has 4 heteroatoms. The van der Waals surface area contributed by atoms with E-state index in [0.29, 0.717) is 6.61 Å². The van der Waals surface area contributed by atoms with E-state index in [0.717, 1.165) is 21.7 Å². The maximum Gasteiger partial charge on any atom is 0.169 e. The summed E-state index contributed by atoms with van der Waals surface area (Å²) in [7, 11) is 1.92. The van der Waals surface area contributed by atoms with Crippen LogP contribution in [0.5, 0.6) is 5.75 Å². The Kier molecular flexibility index (Phi) is 4.66. The Morgan fingerprint density at radius 1 is 1.32 bits per heavy atom. The lowest BCUT2D eigenvalue weighted by atomic mass is 10.0. The van der Waals surface area contributed by atoms with Gasteiger partial charge in [-0.05, 0) is 55.0 Å². The van der Waals surface area contributed by atoms with E-state index < -0.39 is 0 Å². The van der Waals surface area contributed by atoms with E-state index in [1.807, 2.05) is 32.2 Å². The first-order chi connectivity index (χ1) is 9.15. The smallest absolute Gasteiger partial charge is 0.169 e. The van der Waals surface area contributed by atoms with Crippen molar-refractivity contribution in [2.45, 2.75) is 19.9 Å². The predicted molar refractivity (Wildman–Crippen MR) is 79.7 cm³/mol. The van der Waals surface area contributed by atoms with Gasteiger partial charge in [-0.25, -0.2) is 0 Å². The Balaban J connectivity index is 2.44. The summed E-state index contributed by atoms with van der Waals surface area (Å²) in [5.74, 6) is 1.75. The molecule has 2 aromatic rings. The van der Waals surface area contributed by atoms with E-state index in [2.05, 4.69) is 40.3 Å². The molecule has 0 amide bonds. The molecule has 0 spiro atoms. The molecule has 0 bridgehead atoms. The molecule has 1 heterocycles. The molecule has 0 fully saturated rings. The largest absolute Gasteiger partial charge is 0.494 e. The zero-order valence-corrected chi connectivity index (χ0v) is 13.0. The Morgan fingerprint density at radius 2 is 2.11 bits per heavy atom. The van der Waals surface area contributed by atoms with Crippen LogP contribution in [0.1, 0.15) is 29.9 Å². The quantitative estimate of drug-likeness (QED) is 0.901.